The van der Waals surface area contributed by atoms with Gasteiger partial charge < -0.3 is 5.32 Å². The topological polar surface area (TPSA) is 42.0 Å². The Hall–Kier alpha value is -1.38. The fourth-order valence-electron chi connectivity index (χ4n) is 1.18. The summed E-state index contributed by atoms with van der Waals surface area (Å²) in [4.78, 5) is 15.0. The lowest BCUT2D eigenvalue weighted by atomic mass is 10.1. The van der Waals surface area contributed by atoms with Gasteiger partial charge >= 0.3 is 0 Å². The first-order chi connectivity index (χ1) is 6.13. The average Bonchev–Trinajstić information content (AvgIpc) is 2.03. The van der Waals surface area contributed by atoms with Gasteiger partial charge in [0.25, 0.3) is 0 Å². The van der Waals surface area contributed by atoms with E-state index in [0.717, 1.165) is 23.4 Å². The first-order valence-electron chi connectivity index (χ1n) is 4.36. The number of amides is 1. The molecule has 3 heteroatoms. The first-order valence-corrected chi connectivity index (χ1v) is 4.36. The number of nitrogens with zero attached hydrogens (tertiary/aromatic N) is 1. The molecule has 0 aliphatic carbocycles. The normalized spacial score (nSPS) is 9.77. The molecule has 1 heterocycles. The van der Waals surface area contributed by atoms with Gasteiger partial charge in [0, 0.05) is 24.5 Å². The second kappa shape index (κ2) is 4.03. The van der Waals surface area contributed by atoms with E-state index >= 15 is 0 Å². The van der Waals surface area contributed by atoms with Gasteiger partial charge in [-0.2, -0.15) is 0 Å². The Labute approximate surface area is 78.2 Å². The van der Waals surface area contributed by atoms with E-state index in [4.69, 9.17) is 0 Å². The zero-order valence-electron chi connectivity index (χ0n) is 8.22. The number of carbonyl (C=O) groups excluding carboxylic acids is 1. The first kappa shape index (κ1) is 9.71. The van der Waals surface area contributed by atoms with Crippen molar-refractivity contribution < 1.29 is 4.79 Å². The van der Waals surface area contributed by atoms with Crippen molar-refractivity contribution in [1.29, 1.82) is 0 Å². The highest BCUT2D eigenvalue weighted by atomic mass is 16.1. The molecule has 1 aromatic heterocycles. The number of hydrogen-bond donors (Lipinski definition) is 1. The highest BCUT2D eigenvalue weighted by Gasteiger charge is 2.02. The van der Waals surface area contributed by atoms with E-state index in [1.165, 1.54) is 6.92 Å². The molecule has 0 aromatic carbocycles. The van der Waals surface area contributed by atoms with Crippen molar-refractivity contribution in [3.05, 3.63) is 23.5 Å². The van der Waals surface area contributed by atoms with Gasteiger partial charge in [-0.05, 0) is 25.0 Å². The third-order valence-corrected chi connectivity index (χ3v) is 1.81. The van der Waals surface area contributed by atoms with Gasteiger partial charge in [0.05, 0.1) is 0 Å². The maximum Gasteiger partial charge on any atom is 0.221 e. The highest BCUT2D eigenvalue weighted by molar-refractivity contribution is 5.89. The van der Waals surface area contributed by atoms with Gasteiger partial charge in [0.2, 0.25) is 5.91 Å². The smallest absolute Gasteiger partial charge is 0.221 e. The number of aryl methyl sites for hydroxylation is 2. The summed E-state index contributed by atoms with van der Waals surface area (Å²) in [6, 6.07) is 1.89. The molecule has 0 atom stereocenters. The maximum absolute atomic E-state index is 10.9. The molecule has 0 aliphatic heterocycles. The molecule has 3 nitrogen and oxygen atoms in total. The minimum atomic E-state index is -0.0414. The minimum absolute atomic E-state index is 0.0414. The molecule has 0 saturated carbocycles. The number of rotatable bonds is 2. The van der Waals surface area contributed by atoms with E-state index in [-0.39, 0.29) is 5.91 Å². The van der Waals surface area contributed by atoms with Crippen molar-refractivity contribution in [2.75, 3.05) is 5.32 Å². The lowest BCUT2D eigenvalue weighted by molar-refractivity contribution is -0.114. The molecule has 0 saturated heterocycles. The lowest BCUT2D eigenvalue weighted by Gasteiger charge is -2.07. The number of aromatic nitrogens is 1. The second-order valence-electron chi connectivity index (χ2n) is 3.02. The third-order valence-electron chi connectivity index (χ3n) is 1.81. The van der Waals surface area contributed by atoms with Crippen LogP contribution in [0.15, 0.2) is 12.3 Å². The van der Waals surface area contributed by atoms with Crippen LogP contribution in [-0.2, 0) is 11.2 Å². The van der Waals surface area contributed by atoms with E-state index in [9.17, 15) is 4.79 Å². The Morgan fingerprint density at radius 2 is 2.31 bits per heavy atom. The third kappa shape index (κ3) is 2.54. The molecule has 13 heavy (non-hydrogen) atoms. The van der Waals surface area contributed by atoms with Crippen LogP contribution in [0.3, 0.4) is 0 Å². The summed E-state index contributed by atoms with van der Waals surface area (Å²) in [7, 11) is 0. The van der Waals surface area contributed by atoms with Gasteiger partial charge in [-0.25, -0.2) is 0 Å². The summed E-state index contributed by atoms with van der Waals surface area (Å²) in [5, 5.41) is 2.79. The van der Waals surface area contributed by atoms with E-state index in [2.05, 4.69) is 10.3 Å². The van der Waals surface area contributed by atoms with Gasteiger partial charge in [-0.15, -0.1) is 0 Å². The van der Waals surface area contributed by atoms with E-state index in [1.807, 2.05) is 19.9 Å². The predicted octanol–water partition coefficient (Wildman–Crippen LogP) is 1.91. The van der Waals surface area contributed by atoms with Crippen LogP contribution in [0, 0.1) is 6.92 Å². The molecule has 0 radical (unpaired) electrons. The van der Waals surface area contributed by atoms with Crippen molar-refractivity contribution in [1.82, 2.24) is 4.98 Å². The maximum atomic E-state index is 10.9. The molecule has 0 bridgehead atoms. The van der Waals surface area contributed by atoms with E-state index < -0.39 is 0 Å². The monoisotopic (exact) mass is 178 g/mol. The quantitative estimate of drug-likeness (QED) is 0.751. The lowest BCUT2D eigenvalue weighted by Crippen LogP contribution is -2.08. The standard InChI is InChI=1S/C10H14N2O/c1-4-9-6-11-7(2)5-10(9)12-8(3)13/h5-6H,4H2,1-3H3,(H,11,12,13). The number of carbonyl (C=O) groups is 1. The van der Waals surface area contributed by atoms with Crippen molar-refractivity contribution in [2.24, 2.45) is 0 Å². The minimum Gasteiger partial charge on any atom is -0.326 e. The van der Waals surface area contributed by atoms with Crippen LogP contribution < -0.4 is 5.32 Å². The molecule has 1 rings (SSSR count). The van der Waals surface area contributed by atoms with Gasteiger partial charge in [0.1, 0.15) is 0 Å². The van der Waals surface area contributed by atoms with Crippen molar-refractivity contribution in [3.8, 4) is 0 Å². The van der Waals surface area contributed by atoms with Crippen molar-refractivity contribution in [2.45, 2.75) is 27.2 Å². The van der Waals surface area contributed by atoms with Crippen LogP contribution in [0.25, 0.3) is 0 Å². The summed E-state index contributed by atoms with van der Waals surface area (Å²) >= 11 is 0. The van der Waals surface area contributed by atoms with Gasteiger partial charge in [-0.3, -0.25) is 9.78 Å². The van der Waals surface area contributed by atoms with Crippen LogP contribution in [0.5, 0.6) is 0 Å². The van der Waals surface area contributed by atoms with Crippen LogP contribution >= 0.6 is 0 Å². The molecule has 0 fully saturated rings. The molecule has 1 amide bonds. The molecule has 70 valence electrons. The Bertz CT molecular complexity index is 321. The SMILES string of the molecule is CCc1cnc(C)cc1NC(C)=O. The molecule has 0 aliphatic rings. The number of pyridine rings is 1. The van der Waals surface area contributed by atoms with Gasteiger partial charge in [0.15, 0.2) is 0 Å². The fourth-order valence-corrected chi connectivity index (χ4v) is 1.18. The Kier molecular flexibility index (Phi) is 3.01. The second-order valence-corrected chi connectivity index (χ2v) is 3.02. The summed E-state index contributed by atoms with van der Waals surface area (Å²) in [5.41, 5.74) is 2.87. The zero-order chi connectivity index (χ0) is 9.84. The molecular weight excluding hydrogens is 164 g/mol. The zero-order valence-corrected chi connectivity index (χ0v) is 8.22. The predicted molar refractivity (Wildman–Crippen MR) is 52.7 cm³/mol. The molecule has 0 spiro atoms. The summed E-state index contributed by atoms with van der Waals surface area (Å²) in [6.45, 7) is 5.46. The Balaban J connectivity index is 3.01. The summed E-state index contributed by atoms with van der Waals surface area (Å²) in [6.07, 6.45) is 2.68. The van der Waals surface area contributed by atoms with Crippen LogP contribution in [-0.4, -0.2) is 10.9 Å². The van der Waals surface area contributed by atoms with E-state index in [1.54, 1.807) is 6.20 Å². The largest absolute Gasteiger partial charge is 0.326 e. The number of anilines is 1. The van der Waals surface area contributed by atoms with E-state index in [0.29, 0.717) is 0 Å². The summed E-state index contributed by atoms with van der Waals surface area (Å²) in [5.74, 6) is -0.0414. The average molecular weight is 178 g/mol. The van der Waals surface area contributed by atoms with Gasteiger partial charge in [-0.1, -0.05) is 6.92 Å². The van der Waals surface area contributed by atoms with Crippen LogP contribution in [0.4, 0.5) is 5.69 Å². The van der Waals surface area contributed by atoms with Crippen LogP contribution in [0.2, 0.25) is 0 Å². The van der Waals surface area contributed by atoms with Crippen molar-refractivity contribution >= 4 is 11.6 Å². The molecule has 0 unspecified atom stereocenters. The Morgan fingerprint density at radius 3 is 2.85 bits per heavy atom. The fraction of sp³-hybridized carbons (Fsp3) is 0.400. The van der Waals surface area contributed by atoms with Crippen LogP contribution in [0.1, 0.15) is 25.1 Å². The highest BCUT2D eigenvalue weighted by Crippen LogP contribution is 2.15. The number of nitrogens with one attached hydrogen (secondary N) is 1. The number of hydrogen-bond acceptors (Lipinski definition) is 2. The molecule has 1 aromatic rings. The summed E-state index contributed by atoms with van der Waals surface area (Å²) < 4.78 is 0. The molecular formula is C10H14N2O. The van der Waals surface area contributed by atoms with Crippen molar-refractivity contribution in [3.63, 3.8) is 0 Å². The molecule has 1 N–H and O–H groups in total. The Morgan fingerprint density at radius 1 is 1.62 bits per heavy atom.